The van der Waals surface area contributed by atoms with Gasteiger partial charge in [-0.15, -0.1) is 0 Å². The molecule has 0 aromatic heterocycles. The predicted octanol–water partition coefficient (Wildman–Crippen LogP) is 4.54. The van der Waals surface area contributed by atoms with Crippen molar-refractivity contribution in [2.24, 2.45) is 5.92 Å². The highest BCUT2D eigenvalue weighted by atomic mass is 16.5. The van der Waals surface area contributed by atoms with Crippen LogP contribution in [0.4, 0.5) is 0 Å². The van der Waals surface area contributed by atoms with Gasteiger partial charge in [-0.25, -0.2) is 4.79 Å². The number of hydrogen-bond acceptors (Lipinski definition) is 3. The zero-order valence-corrected chi connectivity index (χ0v) is 16.4. The number of rotatable bonds is 7. The van der Waals surface area contributed by atoms with Crippen molar-refractivity contribution < 1.29 is 19.4 Å². The highest BCUT2D eigenvalue weighted by Crippen LogP contribution is 2.37. The maximum absolute atomic E-state index is 13.0. The second-order valence-electron chi connectivity index (χ2n) is 7.70. The first kappa shape index (κ1) is 19.9. The molecule has 2 aromatic rings. The van der Waals surface area contributed by atoms with E-state index in [0.29, 0.717) is 24.7 Å². The topological polar surface area (TPSA) is 66.8 Å². The molecule has 5 heteroatoms. The Bertz CT molecular complexity index is 801. The van der Waals surface area contributed by atoms with Gasteiger partial charge >= 0.3 is 5.97 Å². The summed E-state index contributed by atoms with van der Waals surface area (Å²) in [6.07, 6.45) is 2.32. The minimum absolute atomic E-state index is 0.00982. The van der Waals surface area contributed by atoms with Crippen LogP contribution >= 0.6 is 0 Å². The molecule has 5 nitrogen and oxygen atoms in total. The fourth-order valence-corrected chi connectivity index (χ4v) is 3.77. The van der Waals surface area contributed by atoms with E-state index in [1.165, 1.54) is 12.1 Å². The number of carboxylic acids is 1. The molecule has 0 radical (unpaired) electrons. The van der Waals surface area contributed by atoms with Gasteiger partial charge in [-0.1, -0.05) is 44.2 Å². The van der Waals surface area contributed by atoms with Crippen LogP contribution in [0.15, 0.2) is 54.6 Å². The third kappa shape index (κ3) is 4.71. The van der Waals surface area contributed by atoms with Crippen molar-refractivity contribution in [3.63, 3.8) is 0 Å². The van der Waals surface area contributed by atoms with E-state index in [-0.39, 0.29) is 23.6 Å². The van der Waals surface area contributed by atoms with Gasteiger partial charge in [-0.2, -0.15) is 0 Å². The Hall–Kier alpha value is -2.82. The van der Waals surface area contributed by atoms with E-state index in [2.05, 4.69) is 26.0 Å². The Morgan fingerprint density at radius 2 is 1.75 bits per heavy atom. The quantitative estimate of drug-likeness (QED) is 0.764. The molecule has 2 aromatic carbocycles. The van der Waals surface area contributed by atoms with Crippen molar-refractivity contribution in [2.75, 3.05) is 6.61 Å². The summed E-state index contributed by atoms with van der Waals surface area (Å²) in [6.45, 7) is 4.52. The Morgan fingerprint density at radius 3 is 2.36 bits per heavy atom. The maximum Gasteiger partial charge on any atom is 0.335 e. The lowest BCUT2D eigenvalue weighted by atomic mass is 10.0. The Morgan fingerprint density at radius 1 is 1.07 bits per heavy atom. The summed E-state index contributed by atoms with van der Waals surface area (Å²) >= 11 is 0. The zero-order valence-electron chi connectivity index (χ0n) is 16.4. The third-order valence-electron chi connectivity index (χ3n) is 5.10. The molecule has 148 valence electrons. The van der Waals surface area contributed by atoms with Crippen LogP contribution in [0.5, 0.6) is 5.75 Å². The standard InChI is InChI=1S/C23H27NO4/c1-16(2)14-22(25)24-19(10-13-21(24)17-6-4-3-5-7-17)15-28-20-11-8-18(9-12-20)23(26)27/h3-9,11-12,16,19,21H,10,13-15H2,1-2H3,(H,26,27)/t19-,21+/m0/s1. The first-order valence-corrected chi connectivity index (χ1v) is 9.78. The predicted molar refractivity (Wildman–Crippen MR) is 107 cm³/mol. The maximum atomic E-state index is 13.0. The fraction of sp³-hybridized carbons (Fsp3) is 0.391. The third-order valence-corrected chi connectivity index (χ3v) is 5.10. The molecule has 1 N–H and O–H groups in total. The SMILES string of the molecule is CC(C)CC(=O)N1[C@H](COc2ccc(C(=O)O)cc2)CC[C@@H]1c1ccccc1. The Kier molecular flexibility index (Phi) is 6.34. The first-order chi connectivity index (χ1) is 13.5. The van der Waals surface area contributed by atoms with Gasteiger partial charge in [0.25, 0.3) is 0 Å². The largest absolute Gasteiger partial charge is 0.491 e. The van der Waals surface area contributed by atoms with E-state index in [1.54, 1.807) is 12.1 Å². The molecule has 0 unspecified atom stereocenters. The molecule has 28 heavy (non-hydrogen) atoms. The van der Waals surface area contributed by atoms with Gasteiger partial charge in [0.1, 0.15) is 12.4 Å². The molecule has 0 saturated carbocycles. The van der Waals surface area contributed by atoms with E-state index in [1.807, 2.05) is 23.1 Å². The number of hydrogen-bond donors (Lipinski definition) is 1. The van der Waals surface area contributed by atoms with Crippen molar-refractivity contribution in [2.45, 2.75) is 45.2 Å². The summed E-state index contributed by atoms with van der Waals surface area (Å²) < 4.78 is 5.91. The van der Waals surface area contributed by atoms with E-state index in [4.69, 9.17) is 9.84 Å². The number of nitrogens with zero attached hydrogens (tertiary/aromatic N) is 1. The average molecular weight is 381 g/mol. The van der Waals surface area contributed by atoms with E-state index in [0.717, 1.165) is 18.4 Å². The Balaban J connectivity index is 1.73. The van der Waals surface area contributed by atoms with Crippen LogP contribution in [0.25, 0.3) is 0 Å². The van der Waals surface area contributed by atoms with Crippen LogP contribution in [0, 0.1) is 5.92 Å². The molecule has 1 heterocycles. The lowest BCUT2D eigenvalue weighted by molar-refractivity contribution is -0.135. The number of likely N-dealkylation sites (tertiary alicyclic amines) is 1. The number of amides is 1. The van der Waals surface area contributed by atoms with Crippen molar-refractivity contribution in [3.05, 3.63) is 65.7 Å². The second-order valence-corrected chi connectivity index (χ2v) is 7.70. The molecule has 1 saturated heterocycles. The molecule has 1 fully saturated rings. The summed E-state index contributed by atoms with van der Waals surface area (Å²) in [5, 5.41) is 9.00. The second kappa shape index (κ2) is 8.91. The summed E-state index contributed by atoms with van der Waals surface area (Å²) in [6, 6.07) is 16.6. The molecule has 1 amide bonds. The lowest BCUT2D eigenvalue weighted by Gasteiger charge is -2.31. The molecule has 0 bridgehead atoms. The van der Waals surface area contributed by atoms with Crippen LogP contribution in [0.3, 0.4) is 0 Å². The zero-order chi connectivity index (χ0) is 20.1. The van der Waals surface area contributed by atoms with Gasteiger partial charge in [-0.05, 0) is 48.6 Å². The molecule has 0 aliphatic carbocycles. The van der Waals surface area contributed by atoms with Crippen LogP contribution in [-0.2, 0) is 4.79 Å². The highest BCUT2D eigenvalue weighted by molar-refractivity contribution is 5.87. The summed E-state index contributed by atoms with van der Waals surface area (Å²) in [5.74, 6) is 0.119. The highest BCUT2D eigenvalue weighted by Gasteiger charge is 2.37. The molecule has 3 rings (SSSR count). The smallest absolute Gasteiger partial charge is 0.335 e. The van der Waals surface area contributed by atoms with Crippen LogP contribution in [-0.4, -0.2) is 34.5 Å². The molecule has 2 atom stereocenters. The van der Waals surface area contributed by atoms with Crippen molar-refractivity contribution in [1.29, 1.82) is 0 Å². The average Bonchev–Trinajstić information content (AvgIpc) is 3.11. The van der Waals surface area contributed by atoms with E-state index >= 15 is 0 Å². The van der Waals surface area contributed by atoms with Gasteiger partial charge < -0.3 is 14.7 Å². The normalized spacial score (nSPS) is 19.0. The number of carboxylic acid groups (broad SMARTS) is 1. The first-order valence-electron chi connectivity index (χ1n) is 9.78. The van der Waals surface area contributed by atoms with E-state index < -0.39 is 5.97 Å². The summed E-state index contributed by atoms with van der Waals surface area (Å²) in [4.78, 5) is 26.0. The molecule has 1 aliphatic heterocycles. The Labute approximate surface area is 165 Å². The van der Waals surface area contributed by atoms with Gasteiger partial charge in [0.15, 0.2) is 0 Å². The minimum atomic E-state index is -0.960. The molecule has 0 spiro atoms. The number of benzene rings is 2. The van der Waals surface area contributed by atoms with Gasteiger partial charge in [0.05, 0.1) is 17.6 Å². The lowest BCUT2D eigenvalue weighted by Crippen LogP contribution is -2.41. The van der Waals surface area contributed by atoms with Crippen LogP contribution < -0.4 is 4.74 Å². The number of aromatic carboxylic acids is 1. The van der Waals surface area contributed by atoms with Gasteiger partial charge in [-0.3, -0.25) is 4.79 Å². The number of carbonyl (C=O) groups is 2. The van der Waals surface area contributed by atoms with Crippen LogP contribution in [0.2, 0.25) is 0 Å². The van der Waals surface area contributed by atoms with Gasteiger partial charge in [0, 0.05) is 6.42 Å². The fourth-order valence-electron chi connectivity index (χ4n) is 3.77. The van der Waals surface area contributed by atoms with E-state index in [9.17, 15) is 9.59 Å². The molecule has 1 aliphatic rings. The van der Waals surface area contributed by atoms with Crippen molar-refractivity contribution >= 4 is 11.9 Å². The van der Waals surface area contributed by atoms with Crippen LogP contribution in [0.1, 0.15) is 55.1 Å². The monoisotopic (exact) mass is 381 g/mol. The summed E-state index contributed by atoms with van der Waals surface area (Å²) in [5.41, 5.74) is 1.39. The van der Waals surface area contributed by atoms with Crippen molar-refractivity contribution in [3.8, 4) is 5.75 Å². The van der Waals surface area contributed by atoms with Crippen molar-refractivity contribution in [1.82, 2.24) is 4.90 Å². The number of ether oxygens (including phenoxy) is 1. The number of carbonyl (C=O) groups excluding carboxylic acids is 1. The molecular weight excluding hydrogens is 354 g/mol. The minimum Gasteiger partial charge on any atom is -0.491 e. The van der Waals surface area contributed by atoms with Gasteiger partial charge in [0.2, 0.25) is 5.91 Å². The molecular formula is C23H27NO4. The summed E-state index contributed by atoms with van der Waals surface area (Å²) in [7, 11) is 0.